The number of unbranched alkanes of at least 4 members (excludes halogenated alkanes) is 11. The lowest BCUT2D eigenvalue weighted by atomic mass is 9.99. The highest BCUT2D eigenvalue weighted by Gasteiger charge is 2.01. The molecule has 0 aliphatic rings. The second-order valence-corrected chi connectivity index (χ2v) is 7.46. The number of hydrogen-bond donors (Lipinski definition) is 2. The largest absolute Gasteiger partial charge is 0.394 e. The van der Waals surface area contributed by atoms with Gasteiger partial charge in [0.2, 0.25) is 0 Å². The molecular weight excluding hydrogens is 300 g/mol. The molecule has 0 saturated carbocycles. The molecule has 0 aliphatic carbocycles. The minimum atomic E-state index is -0.718. The van der Waals surface area contributed by atoms with Crippen LogP contribution in [0.5, 0.6) is 0 Å². The van der Waals surface area contributed by atoms with Gasteiger partial charge in [-0.25, -0.2) is 0 Å². The van der Waals surface area contributed by atoms with Crippen molar-refractivity contribution in [2.45, 2.75) is 110 Å². The van der Waals surface area contributed by atoms with Crippen molar-refractivity contribution in [1.29, 1.82) is 0 Å². The Hall–Kier alpha value is -0.120. The minimum Gasteiger partial charge on any atom is -0.394 e. The van der Waals surface area contributed by atoms with Gasteiger partial charge in [-0.3, -0.25) is 0 Å². The number of ether oxygens (including phenoxy) is 1. The third-order valence-electron chi connectivity index (χ3n) is 4.95. The van der Waals surface area contributed by atoms with E-state index < -0.39 is 6.10 Å². The predicted octanol–water partition coefficient (Wildman–Crippen LogP) is 5.47. The first-order chi connectivity index (χ1) is 11.7. The Kier molecular flexibility index (Phi) is 19.1. The quantitative estimate of drug-likeness (QED) is 0.305. The van der Waals surface area contributed by atoms with Crippen LogP contribution < -0.4 is 0 Å². The summed E-state index contributed by atoms with van der Waals surface area (Å²) < 4.78 is 5.30. The summed E-state index contributed by atoms with van der Waals surface area (Å²) in [5.74, 6) is 0.920. The van der Waals surface area contributed by atoms with Gasteiger partial charge in [0, 0.05) is 6.61 Å². The molecule has 0 aromatic rings. The van der Waals surface area contributed by atoms with Gasteiger partial charge < -0.3 is 14.9 Å². The molecule has 3 heteroatoms. The van der Waals surface area contributed by atoms with Gasteiger partial charge in [0.1, 0.15) is 6.10 Å². The Morgan fingerprint density at radius 3 is 1.67 bits per heavy atom. The standard InChI is InChI=1S/C21H44O3/c1-3-20(2)16-14-12-10-8-6-4-5-7-9-11-13-15-17-24-19-21(23)18-22/h20-23H,3-19H2,1-2H3/t20-,21-/m0/s1. The van der Waals surface area contributed by atoms with Crippen LogP contribution in [0.15, 0.2) is 0 Å². The van der Waals surface area contributed by atoms with Crippen molar-refractivity contribution in [3.05, 3.63) is 0 Å². The van der Waals surface area contributed by atoms with Gasteiger partial charge in [-0.05, 0) is 12.3 Å². The Balaban J connectivity index is 3.03. The second kappa shape index (κ2) is 19.2. The molecule has 2 atom stereocenters. The molecule has 0 saturated heterocycles. The van der Waals surface area contributed by atoms with Crippen molar-refractivity contribution in [2.75, 3.05) is 19.8 Å². The van der Waals surface area contributed by atoms with Crippen molar-refractivity contribution in [3.63, 3.8) is 0 Å². The SMILES string of the molecule is CC[C@H](C)CCCCCCCCCCCCCCOC[C@@H](O)CO. The Bertz CT molecular complexity index is 209. The molecular formula is C21H44O3. The molecule has 0 spiro atoms. The van der Waals surface area contributed by atoms with Crippen LogP contribution in [0.25, 0.3) is 0 Å². The maximum absolute atomic E-state index is 9.12. The molecule has 0 unspecified atom stereocenters. The summed E-state index contributed by atoms with van der Waals surface area (Å²) in [6.07, 6.45) is 18.3. The summed E-state index contributed by atoms with van der Waals surface area (Å²) in [7, 11) is 0. The minimum absolute atomic E-state index is 0.210. The fourth-order valence-electron chi connectivity index (χ4n) is 2.94. The lowest BCUT2D eigenvalue weighted by molar-refractivity contribution is 0.00526. The fraction of sp³-hybridized carbons (Fsp3) is 1.00. The summed E-state index contributed by atoms with van der Waals surface area (Å²) >= 11 is 0. The molecule has 0 amide bonds. The third-order valence-corrected chi connectivity index (χ3v) is 4.95. The zero-order chi connectivity index (χ0) is 17.9. The van der Waals surface area contributed by atoms with Crippen molar-refractivity contribution in [3.8, 4) is 0 Å². The van der Waals surface area contributed by atoms with Crippen LogP contribution in [0.4, 0.5) is 0 Å². The van der Waals surface area contributed by atoms with Gasteiger partial charge in [0.15, 0.2) is 0 Å². The monoisotopic (exact) mass is 344 g/mol. The van der Waals surface area contributed by atoms with E-state index in [2.05, 4.69) is 13.8 Å². The molecule has 0 aromatic carbocycles. The van der Waals surface area contributed by atoms with Gasteiger partial charge in [-0.2, -0.15) is 0 Å². The lowest BCUT2D eigenvalue weighted by Crippen LogP contribution is -2.19. The third kappa shape index (κ3) is 18.2. The van der Waals surface area contributed by atoms with E-state index in [0.29, 0.717) is 6.61 Å². The summed E-state index contributed by atoms with van der Waals surface area (Å²) in [5.41, 5.74) is 0. The number of rotatable bonds is 19. The van der Waals surface area contributed by atoms with E-state index in [-0.39, 0.29) is 13.2 Å². The zero-order valence-electron chi connectivity index (χ0n) is 16.5. The molecule has 0 aromatic heterocycles. The van der Waals surface area contributed by atoms with E-state index in [9.17, 15) is 0 Å². The average Bonchev–Trinajstić information content (AvgIpc) is 2.60. The van der Waals surface area contributed by atoms with Crippen LogP contribution in [0, 0.1) is 5.92 Å². The number of aliphatic hydroxyl groups is 2. The highest BCUT2D eigenvalue weighted by molar-refractivity contribution is 4.53. The van der Waals surface area contributed by atoms with Crippen LogP contribution in [-0.2, 0) is 4.74 Å². The van der Waals surface area contributed by atoms with E-state index in [4.69, 9.17) is 14.9 Å². The van der Waals surface area contributed by atoms with Crippen molar-refractivity contribution in [2.24, 2.45) is 5.92 Å². The molecule has 0 radical (unpaired) electrons. The smallest absolute Gasteiger partial charge is 0.100 e. The Morgan fingerprint density at radius 2 is 1.21 bits per heavy atom. The average molecular weight is 345 g/mol. The van der Waals surface area contributed by atoms with Gasteiger partial charge in [0.25, 0.3) is 0 Å². The molecule has 0 bridgehead atoms. The number of hydrogen-bond acceptors (Lipinski definition) is 3. The van der Waals surface area contributed by atoms with Gasteiger partial charge in [-0.1, -0.05) is 97.3 Å². The fourth-order valence-corrected chi connectivity index (χ4v) is 2.94. The first kappa shape index (κ1) is 23.9. The van der Waals surface area contributed by atoms with Crippen LogP contribution in [0.2, 0.25) is 0 Å². The van der Waals surface area contributed by atoms with E-state index in [1.54, 1.807) is 0 Å². The highest BCUT2D eigenvalue weighted by Crippen LogP contribution is 2.15. The van der Waals surface area contributed by atoms with E-state index in [1.165, 1.54) is 83.5 Å². The summed E-state index contributed by atoms with van der Waals surface area (Å²) in [4.78, 5) is 0. The molecule has 0 heterocycles. The molecule has 24 heavy (non-hydrogen) atoms. The Morgan fingerprint density at radius 1 is 0.750 bits per heavy atom. The predicted molar refractivity (Wildman–Crippen MR) is 103 cm³/mol. The first-order valence-corrected chi connectivity index (χ1v) is 10.6. The van der Waals surface area contributed by atoms with E-state index in [0.717, 1.165) is 12.3 Å². The van der Waals surface area contributed by atoms with Crippen LogP contribution in [-0.4, -0.2) is 36.1 Å². The molecule has 146 valence electrons. The van der Waals surface area contributed by atoms with Gasteiger partial charge >= 0.3 is 0 Å². The van der Waals surface area contributed by atoms with Crippen molar-refractivity contribution in [1.82, 2.24) is 0 Å². The molecule has 2 N–H and O–H groups in total. The lowest BCUT2D eigenvalue weighted by Gasteiger charge is -2.08. The molecule has 3 nitrogen and oxygen atoms in total. The Labute approximate surface area is 151 Å². The number of aliphatic hydroxyl groups excluding tert-OH is 2. The van der Waals surface area contributed by atoms with Crippen LogP contribution in [0.1, 0.15) is 104 Å². The normalized spacial score (nSPS) is 14.0. The second-order valence-electron chi connectivity index (χ2n) is 7.46. The van der Waals surface area contributed by atoms with E-state index in [1.807, 2.05) is 0 Å². The molecule has 0 aliphatic heterocycles. The maximum Gasteiger partial charge on any atom is 0.100 e. The summed E-state index contributed by atoms with van der Waals surface area (Å²) in [6.45, 7) is 5.41. The first-order valence-electron chi connectivity index (χ1n) is 10.6. The van der Waals surface area contributed by atoms with Crippen LogP contribution >= 0.6 is 0 Å². The van der Waals surface area contributed by atoms with E-state index >= 15 is 0 Å². The van der Waals surface area contributed by atoms with Crippen molar-refractivity contribution < 1.29 is 14.9 Å². The summed E-state index contributed by atoms with van der Waals surface area (Å²) in [5, 5.41) is 17.8. The highest BCUT2D eigenvalue weighted by atomic mass is 16.5. The molecule has 0 fully saturated rings. The molecule has 0 rings (SSSR count). The van der Waals surface area contributed by atoms with Gasteiger partial charge in [0.05, 0.1) is 13.2 Å². The van der Waals surface area contributed by atoms with Crippen LogP contribution in [0.3, 0.4) is 0 Å². The maximum atomic E-state index is 9.12. The zero-order valence-corrected chi connectivity index (χ0v) is 16.5. The van der Waals surface area contributed by atoms with Gasteiger partial charge in [-0.15, -0.1) is 0 Å². The topological polar surface area (TPSA) is 49.7 Å². The van der Waals surface area contributed by atoms with Crippen molar-refractivity contribution >= 4 is 0 Å². The summed E-state index contributed by atoms with van der Waals surface area (Å²) in [6, 6.07) is 0.